The number of nitrogens with one attached hydrogen (secondary N) is 2. The van der Waals surface area contributed by atoms with Crippen LogP contribution >= 0.6 is 11.3 Å². The summed E-state index contributed by atoms with van der Waals surface area (Å²) >= 11 is 1.62. The van der Waals surface area contributed by atoms with Crippen molar-refractivity contribution >= 4 is 33.4 Å². The highest BCUT2D eigenvalue weighted by Gasteiger charge is 2.42. The number of allylic oxidation sites excluding steroid dienone is 2. The quantitative estimate of drug-likeness (QED) is 0.507. The maximum absolute atomic E-state index is 13.1. The van der Waals surface area contributed by atoms with E-state index < -0.39 is 16.1 Å². The van der Waals surface area contributed by atoms with E-state index in [4.69, 9.17) is 4.74 Å². The standard InChI is InChI=1S/C24H33N3O5S2/c1-3-4-7-22(28)26-34(30,31)27-10-8-24(9-11-27,21-6-5-12-33-21)16-25-23(29)19-14-17-13-18(17)15-20(19)32-2/h5-6,12,14-15,17-18H,3-4,7-11,13,16H2,1-2H3,(H,25,29)(H,26,28). The molecule has 1 saturated carbocycles. The lowest BCUT2D eigenvalue weighted by molar-refractivity contribution is -0.120. The molecule has 34 heavy (non-hydrogen) atoms. The minimum atomic E-state index is -3.88. The number of carbonyl (C=O) groups excluding carboxylic acids is 2. The molecule has 2 amide bonds. The minimum Gasteiger partial charge on any atom is -0.496 e. The zero-order chi connectivity index (χ0) is 24.3. The van der Waals surface area contributed by atoms with Gasteiger partial charge in [-0.1, -0.05) is 25.5 Å². The van der Waals surface area contributed by atoms with E-state index in [0.29, 0.717) is 49.0 Å². The van der Waals surface area contributed by atoms with Crippen molar-refractivity contribution in [3.63, 3.8) is 0 Å². The average molecular weight is 508 g/mol. The summed E-state index contributed by atoms with van der Waals surface area (Å²) in [6, 6.07) is 4.02. The fourth-order valence-electron chi connectivity index (χ4n) is 4.75. The van der Waals surface area contributed by atoms with Gasteiger partial charge in [-0.05, 0) is 55.0 Å². The Bertz CT molecular complexity index is 1070. The lowest BCUT2D eigenvalue weighted by atomic mass is 9.77. The second-order valence-corrected chi connectivity index (χ2v) is 12.0. The number of amides is 2. The van der Waals surface area contributed by atoms with Gasteiger partial charge in [0.25, 0.3) is 5.91 Å². The SMILES string of the molecule is CCCCC(=O)NS(=O)(=O)N1CCC(CNC(=O)C2=CC3CC3C=C2OC)(c2cccs2)CC1. The molecule has 10 heteroatoms. The maximum Gasteiger partial charge on any atom is 0.303 e. The van der Waals surface area contributed by atoms with Gasteiger partial charge in [-0.25, -0.2) is 4.72 Å². The number of ether oxygens (including phenoxy) is 1. The number of thiophene rings is 1. The van der Waals surface area contributed by atoms with Crippen molar-refractivity contribution < 1.29 is 22.7 Å². The van der Waals surface area contributed by atoms with Gasteiger partial charge in [0.15, 0.2) is 0 Å². The van der Waals surface area contributed by atoms with Crippen LogP contribution < -0.4 is 10.0 Å². The molecule has 3 aliphatic rings. The van der Waals surface area contributed by atoms with E-state index in [1.54, 1.807) is 18.4 Å². The highest BCUT2D eigenvalue weighted by molar-refractivity contribution is 7.87. The van der Waals surface area contributed by atoms with Crippen molar-refractivity contribution in [2.45, 2.75) is 50.9 Å². The Morgan fingerprint density at radius 1 is 1.24 bits per heavy atom. The number of piperidine rings is 1. The Balaban J connectivity index is 1.42. The van der Waals surface area contributed by atoms with Crippen molar-refractivity contribution in [2.75, 3.05) is 26.7 Å². The fourth-order valence-corrected chi connectivity index (χ4v) is 6.92. The number of unbranched alkanes of at least 4 members (excludes halogenated alkanes) is 1. The highest BCUT2D eigenvalue weighted by Crippen LogP contribution is 2.46. The molecule has 2 fully saturated rings. The first kappa shape index (κ1) is 24.9. The van der Waals surface area contributed by atoms with Gasteiger partial charge in [-0.2, -0.15) is 12.7 Å². The molecule has 1 aromatic heterocycles. The predicted octanol–water partition coefficient (Wildman–Crippen LogP) is 2.86. The van der Waals surface area contributed by atoms with E-state index in [0.717, 1.165) is 17.7 Å². The molecular formula is C24H33N3O5S2. The first-order chi connectivity index (χ1) is 16.3. The minimum absolute atomic E-state index is 0.160. The zero-order valence-corrected chi connectivity index (χ0v) is 21.3. The summed E-state index contributed by atoms with van der Waals surface area (Å²) in [4.78, 5) is 26.2. The van der Waals surface area contributed by atoms with E-state index in [-0.39, 0.29) is 30.8 Å². The Kier molecular flexibility index (Phi) is 7.49. The molecule has 1 aromatic rings. The molecule has 8 nitrogen and oxygen atoms in total. The number of hydrogen-bond acceptors (Lipinski definition) is 6. The summed E-state index contributed by atoms with van der Waals surface area (Å²) < 4.78 is 34.5. The first-order valence-corrected chi connectivity index (χ1v) is 14.2. The largest absolute Gasteiger partial charge is 0.496 e. The van der Waals surface area contributed by atoms with E-state index in [1.807, 2.05) is 36.6 Å². The molecule has 4 rings (SSSR count). The van der Waals surface area contributed by atoms with Crippen LogP contribution in [0.15, 0.2) is 41.0 Å². The lowest BCUT2D eigenvalue weighted by Crippen LogP contribution is -2.53. The van der Waals surface area contributed by atoms with Crippen LogP contribution in [0.25, 0.3) is 0 Å². The molecule has 2 heterocycles. The van der Waals surface area contributed by atoms with Crippen molar-refractivity contribution in [1.29, 1.82) is 0 Å². The predicted molar refractivity (Wildman–Crippen MR) is 131 cm³/mol. The van der Waals surface area contributed by atoms with Gasteiger partial charge in [-0.15, -0.1) is 11.3 Å². The van der Waals surface area contributed by atoms with Gasteiger partial charge < -0.3 is 10.1 Å². The molecule has 1 aliphatic heterocycles. The number of fused-ring (bicyclic) bond motifs is 1. The van der Waals surface area contributed by atoms with E-state index in [1.165, 1.54) is 4.31 Å². The van der Waals surface area contributed by atoms with Crippen LogP contribution in [0.3, 0.4) is 0 Å². The van der Waals surface area contributed by atoms with E-state index in [2.05, 4.69) is 10.0 Å². The first-order valence-electron chi connectivity index (χ1n) is 11.9. The topological polar surface area (TPSA) is 105 Å². The van der Waals surface area contributed by atoms with Crippen LogP contribution in [0.2, 0.25) is 0 Å². The molecule has 2 atom stereocenters. The normalized spacial score (nSPS) is 23.8. The van der Waals surface area contributed by atoms with Crippen LogP contribution in [-0.2, 0) is 30.0 Å². The summed E-state index contributed by atoms with van der Waals surface area (Å²) in [5.41, 5.74) is 0.216. The van der Waals surface area contributed by atoms with Gasteiger partial charge in [0, 0.05) is 36.3 Å². The van der Waals surface area contributed by atoms with Crippen LogP contribution in [0.1, 0.15) is 50.3 Å². The van der Waals surface area contributed by atoms with Crippen molar-refractivity contribution in [3.05, 3.63) is 45.9 Å². The molecule has 0 bridgehead atoms. The summed E-state index contributed by atoms with van der Waals surface area (Å²) in [5.74, 6) is 0.906. The van der Waals surface area contributed by atoms with Gasteiger partial charge >= 0.3 is 10.2 Å². The number of methoxy groups -OCH3 is 1. The van der Waals surface area contributed by atoms with Gasteiger partial charge in [-0.3, -0.25) is 9.59 Å². The van der Waals surface area contributed by atoms with Crippen LogP contribution in [0.4, 0.5) is 0 Å². The van der Waals surface area contributed by atoms with Crippen LogP contribution in [0.5, 0.6) is 0 Å². The zero-order valence-electron chi connectivity index (χ0n) is 19.7. The third kappa shape index (κ3) is 5.39. The molecular weight excluding hydrogens is 474 g/mol. The highest BCUT2D eigenvalue weighted by atomic mass is 32.2. The average Bonchev–Trinajstić information content (AvgIpc) is 3.36. The molecule has 0 aromatic carbocycles. The van der Waals surface area contributed by atoms with Crippen LogP contribution in [0, 0.1) is 11.8 Å². The van der Waals surface area contributed by atoms with Crippen LogP contribution in [-0.4, -0.2) is 51.3 Å². The molecule has 0 radical (unpaired) electrons. The van der Waals surface area contributed by atoms with E-state index in [9.17, 15) is 18.0 Å². The molecule has 0 spiro atoms. The summed E-state index contributed by atoms with van der Waals surface area (Å²) in [6.07, 6.45) is 7.88. The third-order valence-electron chi connectivity index (χ3n) is 7.02. The maximum atomic E-state index is 13.1. The van der Waals surface area contributed by atoms with Crippen molar-refractivity contribution in [1.82, 2.24) is 14.3 Å². The Labute approximate surface area is 205 Å². The van der Waals surface area contributed by atoms with Crippen molar-refractivity contribution in [3.8, 4) is 0 Å². The fraction of sp³-hybridized carbons (Fsp3) is 0.583. The summed E-state index contributed by atoms with van der Waals surface area (Å²) in [6.45, 7) is 2.92. The number of rotatable bonds is 10. The monoisotopic (exact) mass is 507 g/mol. The smallest absolute Gasteiger partial charge is 0.303 e. The lowest BCUT2D eigenvalue weighted by Gasteiger charge is -2.40. The number of hydrogen-bond donors (Lipinski definition) is 2. The molecule has 2 unspecified atom stereocenters. The Hall–Kier alpha value is -2.17. The molecule has 1 saturated heterocycles. The van der Waals surface area contributed by atoms with E-state index >= 15 is 0 Å². The molecule has 2 aliphatic carbocycles. The molecule has 186 valence electrons. The van der Waals surface area contributed by atoms with Gasteiger partial charge in [0.2, 0.25) is 5.91 Å². The Morgan fingerprint density at radius 2 is 1.97 bits per heavy atom. The number of carbonyl (C=O) groups is 2. The third-order valence-corrected chi connectivity index (χ3v) is 9.67. The second kappa shape index (κ2) is 10.2. The Morgan fingerprint density at radius 3 is 2.62 bits per heavy atom. The van der Waals surface area contributed by atoms with Gasteiger partial charge in [0.1, 0.15) is 5.76 Å². The second-order valence-electron chi connectivity index (χ2n) is 9.35. The van der Waals surface area contributed by atoms with Crippen molar-refractivity contribution in [2.24, 2.45) is 11.8 Å². The summed E-state index contributed by atoms with van der Waals surface area (Å²) in [7, 11) is -2.29. The van der Waals surface area contributed by atoms with Gasteiger partial charge in [0.05, 0.1) is 12.7 Å². The number of nitrogens with zero attached hydrogens (tertiary/aromatic N) is 1. The molecule has 2 N–H and O–H groups in total. The summed E-state index contributed by atoms with van der Waals surface area (Å²) in [5, 5.41) is 5.10.